The normalized spacial score (nSPS) is 20.9. The van der Waals surface area contributed by atoms with Crippen LogP contribution in [0, 0.1) is 0 Å². The molecule has 2 fully saturated rings. The minimum atomic E-state index is -4.19. The number of rotatable bonds is 6. The number of hydrogen-bond donors (Lipinski definition) is 1. The molecule has 0 aliphatic carbocycles. The third kappa shape index (κ3) is 8.47. The molecular weight excluding hydrogens is 498 g/mol. The number of alkyl halides is 3. The lowest BCUT2D eigenvalue weighted by Gasteiger charge is -2.39. The van der Waals surface area contributed by atoms with Crippen LogP contribution in [0.15, 0.2) is 4.99 Å². The van der Waals surface area contributed by atoms with Gasteiger partial charge in [0, 0.05) is 58.8 Å². The number of aliphatic imine (C=N–C) groups is 1. The Labute approximate surface area is 189 Å². The molecular formula is C19H35F3IN5O. The van der Waals surface area contributed by atoms with Crippen LogP contribution in [0.3, 0.4) is 0 Å². The maximum Gasteiger partial charge on any atom is 0.403 e. The molecule has 170 valence electrons. The van der Waals surface area contributed by atoms with Gasteiger partial charge in [0.2, 0.25) is 5.91 Å². The summed E-state index contributed by atoms with van der Waals surface area (Å²) in [6, 6.07) is -1.42. The first-order valence-corrected chi connectivity index (χ1v) is 10.4. The molecule has 2 aliphatic heterocycles. The molecule has 1 unspecified atom stereocenters. The maximum absolute atomic E-state index is 12.9. The second-order valence-electron chi connectivity index (χ2n) is 7.52. The highest BCUT2D eigenvalue weighted by molar-refractivity contribution is 14.0. The molecule has 0 saturated carbocycles. The van der Waals surface area contributed by atoms with E-state index in [1.54, 1.807) is 0 Å². The molecule has 2 saturated heterocycles. The van der Waals surface area contributed by atoms with Crippen LogP contribution in [0.4, 0.5) is 13.2 Å². The van der Waals surface area contributed by atoms with Crippen molar-refractivity contribution in [3.63, 3.8) is 0 Å². The van der Waals surface area contributed by atoms with Gasteiger partial charge in [-0.1, -0.05) is 6.42 Å². The van der Waals surface area contributed by atoms with Crippen LogP contribution >= 0.6 is 24.0 Å². The minimum absolute atomic E-state index is 0. The zero-order valence-corrected chi connectivity index (χ0v) is 19.8. The second kappa shape index (κ2) is 12.8. The van der Waals surface area contributed by atoms with Crippen LogP contribution < -0.4 is 5.32 Å². The molecule has 2 heterocycles. The van der Waals surface area contributed by atoms with Crippen molar-refractivity contribution in [3.8, 4) is 0 Å². The van der Waals surface area contributed by atoms with E-state index in [1.807, 2.05) is 16.7 Å². The van der Waals surface area contributed by atoms with E-state index in [2.05, 4.69) is 10.3 Å². The summed E-state index contributed by atoms with van der Waals surface area (Å²) in [4.78, 5) is 22.1. The van der Waals surface area contributed by atoms with Crippen molar-refractivity contribution in [1.29, 1.82) is 0 Å². The lowest BCUT2D eigenvalue weighted by molar-refractivity contribution is -0.181. The van der Waals surface area contributed by atoms with E-state index < -0.39 is 12.2 Å². The van der Waals surface area contributed by atoms with Gasteiger partial charge in [-0.05, 0) is 33.1 Å². The molecule has 0 radical (unpaired) electrons. The number of guanidine groups is 1. The molecule has 1 atom stereocenters. The van der Waals surface area contributed by atoms with Crippen LogP contribution in [0.1, 0.15) is 46.0 Å². The van der Waals surface area contributed by atoms with Gasteiger partial charge in [0.05, 0.1) is 0 Å². The number of nitrogens with zero attached hydrogens (tertiary/aromatic N) is 4. The van der Waals surface area contributed by atoms with Gasteiger partial charge in [-0.25, -0.2) is 0 Å². The summed E-state index contributed by atoms with van der Waals surface area (Å²) in [5.41, 5.74) is 0. The van der Waals surface area contributed by atoms with E-state index >= 15 is 0 Å². The van der Waals surface area contributed by atoms with Crippen molar-refractivity contribution in [3.05, 3.63) is 0 Å². The number of carbonyl (C=O) groups is 1. The van der Waals surface area contributed by atoms with Gasteiger partial charge in [0.1, 0.15) is 6.04 Å². The first-order valence-electron chi connectivity index (χ1n) is 10.4. The lowest BCUT2D eigenvalue weighted by atomic mass is 10.2. The molecule has 2 rings (SSSR count). The zero-order chi connectivity index (χ0) is 20.6. The molecule has 29 heavy (non-hydrogen) atoms. The molecule has 1 amide bonds. The predicted octanol–water partition coefficient (Wildman–Crippen LogP) is 2.93. The summed E-state index contributed by atoms with van der Waals surface area (Å²) in [5, 5.41) is 3.24. The number of piperazine rings is 1. The molecule has 0 aromatic heterocycles. The Bertz CT molecular complexity index is 524. The standard InChI is InChI=1S/C19H34F3N5O.HI/c1-3-23-18(24-9-7-11-26-10-6-4-5-8-17(26)28)27-14-12-25(13-15-27)16(2)19(20,21)22;/h16H,3-15H2,1-2H3,(H,23,24);1H. The fourth-order valence-electron chi connectivity index (χ4n) is 3.68. The highest BCUT2D eigenvalue weighted by Gasteiger charge is 2.41. The van der Waals surface area contributed by atoms with Gasteiger partial charge in [0.15, 0.2) is 5.96 Å². The molecule has 2 aliphatic rings. The maximum atomic E-state index is 12.9. The number of halogens is 4. The molecule has 0 spiro atoms. The quantitative estimate of drug-likeness (QED) is 0.247. The van der Waals surface area contributed by atoms with E-state index in [1.165, 1.54) is 11.8 Å². The van der Waals surface area contributed by atoms with Crippen molar-refractivity contribution in [2.75, 3.05) is 52.4 Å². The van der Waals surface area contributed by atoms with Gasteiger partial charge in [-0.2, -0.15) is 13.2 Å². The largest absolute Gasteiger partial charge is 0.403 e. The molecule has 1 N–H and O–H groups in total. The molecule has 0 aromatic carbocycles. The van der Waals surface area contributed by atoms with E-state index in [0.717, 1.165) is 44.7 Å². The minimum Gasteiger partial charge on any atom is -0.357 e. The van der Waals surface area contributed by atoms with E-state index in [4.69, 9.17) is 0 Å². The molecule has 0 bridgehead atoms. The Morgan fingerprint density at radius 2 is 1.83 bits per heavy atom. The number of likely N-dealkylation sites (tertiary alicyclic amines) is 1. The highest BCUT2D eigenvalue weighted by atomic mass is 127. The van der Waals surface area contributed by atoms with Gasteiger partial charge in [-0.3, -0.25) is 14.7 Å². The Kier molecular flexibility index (Phi) is 11.6. The summed E-state index contributed by atoms with van der Waals surface area (Å²) in [6.45, 7) is 7.86. The van der Waals surface area contributed by atoms with E-state index in [9.17, 15) is 18.0 Å². The van der Waals surface area contributed by atoms with Crippen molar-refractivity contribution in [1.82, 2.24) is 20.0 Å². The average molecular weight is 533 g/mol. The summed E-state index contributed by atoms with van der Waals surface area (Å²) < 4.78 is 38.7. The van der Waals surface area contributed by atoms with Crippen LogP contribution in [0.2, 0.25) is 0 Å². The third-order valence-corrected chi connectivity index (χ3v) is 5.49. The Hall–Kier alpha value is -0.780. The number of nitrogens with one attached hydrogen (secondary N) is 1. The smallest absolute Gasteiger partial charge is 0.357 e. The van der Waals surface area contributed by atoms with Crippen LogP contribution in [0.25, 0.3) is 0 Å². The second-order valence-corrected chi connectivity index (χ2v) is 7.52. The van der Waals surface area contributed by atoms with Crippen LogP contribution in [-0.4, -0.2) is 91.1 Å². The number of amides is 1. The Morgan fingerprint density at radius 1 is 1.14 bits per heavy atom. The van der Waals surface area contributed by atoms with Gasteiger partial charge >= 0.3 is 6.18 Å². The first-order chi connectivity index (χ1) is 13.3. The highest BCUT2D eigenvalue weighted by Crippen LogP contribution is 2.25. The van der Waals surface area contributed by atoms with Crippen molar-refractivity contribution >= 4 is 35.8 Å². The van der Waals surface area contributed by atoms with Crippen molar-refractivity contribution < 1.29 is 18.0 Å². The van der Waals surface area contributed by atoms with Gasteiger partial charge in [-0.15, -0.1) is 24.0 Å². The predicted molar refractivity (Wildman–Crippen MR) is 120 cm³/mol. The van der Waals surface area contributed by atoms with Gasteiger partial charge < -0.3 is 15.1 Å². The zero-order valence-electron chi connectivity index (χ0n) is 17.5. The van der Waals surface area contributed by atoms with Gasteiger partial charge in [0.25, 0.3) is 0 Å². The molecule has 0 aromatic rings. The summed E-state index contributed by atoms with van der Waals surface area (Å²) in [5.74, 6) is 0.993. The fraction of sp³-hybridized carbons (Fsp3) is 0.895. The van der Waals surface area contributed by atoms with Crippen LogP contribution in [0.5, 0.6) is 0 Å². The van der Waals surface area contributed by atoms with Crippen molar-refractivity contribution in [2.45, 2.75) is 58.2 Å². The fourth-order valence-corrected chi connectivity index (χ4v) is 3.68. The molecule has 10 heteroatoms. The third-order valence-electron chi connectivity index (χ3n) is 5.49. The first kappa shape index (κ1) is 26.3. The Morgan fingerprint density at radius 3 is 2.45 bits per heavy atom. The molecule has 6 nitrogen and oxygen atoms in total. The van der Waals surface area contributed by atoms with Crippen LogP contribution in [-0.2, 0) is 4.79 Å². The SMILES string of the molecule is CCNC(=NCCCN1CCCCCC1=O)N1CCN(C(C)C(F)(F)F)CC1.I. The van der Waals surface area contributed by atoms with E-state index in [0.29, 0.717) is 45.7 Å². The summed E-state index contributed by atoms with van der Waals surface area (Å²) >= 11 is 0. The number of carbonyl (C=O) groups excluding carboxylic acids is 1. The van der Waals surface area contributed by atoms with E-state index in [-0.39, 0.29) is 29.9 Å². The van der Waals surface area contributed by atoms with Crippen molar-refractivity contribution in [2.24, 2.45) is 4.99 Å². The average Bonchev–Trinajstić information content (AvgIpc) is 2.87. The Balaban J connectivity index is 0.00000420. The summed E-state index contributed by atoms with van der Waals surface area (Å²) in [7, 11) is 0. The number of hydrogen-bond acceptors (Lipinski definition) is 3. The lowest BCUT2D eigenvalue weighted by Crippen LogP contribution is -2.56. The summed E-state index contributed by atoms with van der Waals surface area (Å²) in [6.07, 6.45) is 0.420. The monoisotopic (exact) mass is 533 g/mol. The topological polar surface area (TPSA) is 51.2 Å².